The number of hydrogen-bond donors (Lipinski definition) is 3. The fourth-order valence-corrected chi connectivity index (χ4v) is 2.73. The number of nitrogens with one attached hydrogen (secondary N) is 2. The lowest BCUT2D eigenvalue weighted by Crippen LogP contribution is -2.46. The number of H-pyrrole nitrogens is 2. The molecule has 7 nitrogen and oxygen atoms in total. The van der Waals surface area contributed by atoms with E-state index >= 15 is 0 Å². The van der Waals surface area contributed by atoms with Crippen LogP contribution in [-0.2, 0) is 0 Å². The van der Waals surface area contributed by atoms with Crippen molar-refractivity contribution in [3.05, 3.63) is 28.7 Å². The Labute approximate surface area is 122 Å². The van der Waals surface area contributed by atoms with Crippen molar-refractivity contribution in [2.24, 2.45) is 11.1 Å². The second-order valence-corrected chi connectivity index (χ2v) is 5.97. The van der Waals surface area contributed by atoms with Gasteiger partial charge in [0.25, 0.3) is 0 Å². The van der Waals surface area contributed by atoms with E-state index in [0.717, 1.165) is 31.5 Å². The molecule has 0 radical (unpaired) electrons. The number of pyridine rings is 1. The highest BCUT2D eigenvalue weighted by Gasteiger charge is 2.31. The van der Waals surface area contributed by atoms with Gasteiger partial charge >= 0.3 is 0 Å². The van der Waals surface area contributed by atoms with Crippen molar-refractivity contribution in [3.8, 4) is 11.4 Å². The van der Waals surface area contributed by atoms with E-state index in [-0.39, 0.29) is 11.0 Å². The van der Waals surface area contributed by atoms with Gasteiger partial charge < -0.3 is 15.6 Å². The molecule has 3 heterocycles. The molecule has 0 bridgehead atoms. The highest BCUT2D eigenvalue weighted by molar-refractivity contribution is 5.54. The number of nitrogens with two attached hydrogens (primary N) is 1. The van der Waals surface area contributed by atoms with Crippen molar-refractivity contribution in [2.75, 3.05) is 24.5 Å². The molecule has 7 heteroatoms. The number of nitrogens with zero attached hydrogens (tertiary/aromatic N) is 3. The highest BCUT2D eigenvalue weighted by Crippen LogP contribution is 2.30. The molecular weight excluding hydrogens is 268 g/mol. The fourth-order valence-electron chi connectivity index (χ4n) is 2.73. The summed E-state index contributed by atoms with van der Waals surface area (Å²) in [4.78, 5) is 20.4. The van der Waals surface area contributed by atoms with Crippen molar-refractivity contribution in [1.29, 1.82) is 0 Å². The van der Waals surface area contributed by atoms with Crippen LogP contribution in [0.1, 0.15) is 19.8 Å². The number of piperidine rings is 1. The van der Waals surface area contributed by atoms with E-state index in [4.69, 9.17) is 5.73 Å². The Bertz CT molecular complexity index is 658. The van der Waals surface area contributed by atoms with Gasteiger partial charge in [-0.1, -0.05) is 6.92 Å². The smallest absolute Gasteiger partial charge is 0.247 e. The van der Waals surface area contributed by atoms with Crippen LogP contribution in [0.4, 0.5) is 5.95 Å². The van der Waals surface area contributed by atoms with Gasteiger partial charge in [0.2, 0.25) is 11.5 Å². The maximum Gasteiger partial charge on any atom is 0.247 e. The lowest BCUT2D eigenvalue weighted by Gasteiger charge is -2.39. The standard InChI is InChI=1S/C14H20N6O/c1-14(8-15)5-2-6-20(9-14)13-17-12(18-19-13)10-3-4-11(21)16-7-10/h3-4,7H,2,5-6,8-9,15H2,1H3,(H,16,21)(H,17,18,19). The Morgan fingerprint density at radius 3 is 3.05 bits per heavy atom. The summed E-state index contributed by atoms with van der Waals surface area (Å²) in [6, 6.07) is 3.20. The molecule has 0 amide bonds. The average molecular weight is 288 g/mol. The Hall–Kier alpha value is -2.15. The molecule has 0 aliphatic carbocycles. The molecule has 3 rings (SSSR count). The Kier molecular flexibility index (Phi) is 3.50. The zero-order chi connectivity index (χ0) is 14.9. The molecule has 112 valence electrons. The van der Waals surface area contributed by atoms with E-state index in [1.165, 1.54) is 6.07 Å². The summed E-state index contributed by atoms with van der Waals surface area (Å²) in [7, 11) is 0. The zero-order valence-electron chi connectivity index (χ0n) is 12.1. The quantitative estimate of drug-likeness (QED) is 0.772. The first kappa shape index (κ1) is 13.8. The normalized spacial score (nSPS) is 22.5. The van der Waals surface area contributed by atoms with Gasteiger partial charge in [-0.15, -0.1) is 5.10 Å². The maximum absolute atomic E-state index is 11.1. The molecule has 0 saturated carbocycles. The van der Waals surface area contributed by atoms with Crippen LogP contribution in [0.25, 0.3) is 11.4 Å². The first-order chi connectivity index (χ1) is 10.1. The van der Waals surface area contributed by atoms with Gasteiger partial charge in [-0.2, -0.15) is 4.98 Å². The summed E-state index contributed by atoms with van der Waals surface area (Å²) in [6.07, 6.45) is 3.86. The van der Waals surface area contributed by atoms with Gasteiger partial charge in [0.1, 0.15) is 0 Å². The van der Waals surface area contributed by atoms with Crippen LogP contribution in [0.5, 0.6) is 0 Å². The third kappa shape index (κ3) is 2.82. The number of rotatable bonds is 3. The molecular formula is C14H20N6O. The summed E-state index contributed by atoms with van der Waals surface area (Å²) in [5.74, 6) is 1.34. The van der Waals surface area contributed by atoms with E-state index in [9.17, 15) is 4.79 Å². The zero-order valence-corrected chi connectivity index (χ0v) is 12.1. The van der Waals surface area contributed by atoms with E-state index in [1.54, 1.807) is 12.3 Å². The molecule has 2 aromatic heterocycles. The summed E-state index contributed by atoms with van der Waals surface area (Å²) in [5.41, 5.74) is 6.68. The van der Waals surface area contributed by atoms with Crippen molar-refractivity contribution in [2.45, 2.75) is 19.8 Å². The van der Waals surface area contributed by atoms with E-state index in [0.29, 0.717) is 18.3 Å². The Morgan fingerprint density at radius 1 is 1.48 bits per heavy atom. The predicted molar refractivity (Wildman–Crippen MR) is 81.0 cm³/mol. The van der Waals surface area contributed by atoms with Crippen LogP contribution >= 0.6 is 0 Å². The number of aromatic amines is 2. The first-order valence-electron chi connectivity index (χ1n) is 7.16. The summed E-state index contributed by atoms with van der Waals surface area (Å²) < 4.78 is 0. The van der Waals surface area contributed by atoms with Crippen molar-refractivity contribution < 1.29 is 0 Å². The third-order valence-corrected chi connectivity index (χ3v) is 4.09. The Balaban J connectivity index is 1.81. The summed E-state index contributed by atoms with van der Waals surface area (Å²) >= 11 is 0. The van der Waals surface area contributed by atoms with Crippen LogP contribution in [0.3, 0.4) is 0 Å². The van der Waals surface area contributed by atoms with E-state index in [2.05, 4.69) is 32.0 Å². The lowest BCUT2D eigenvalue weighted by atomic mass is 9.82. The minimum atomic E-state index is -0.131. The minimum absolute atomic E-state index is 0.122. The highest BCUT2D eigenvalue weighted by atomic mass is 16.1. The van der Waals surface area contributed by atoms with Crippen molar-refractivity contribution in [1.82, 2.24) is 20.2 Å². The minimum Gasteiger partial charge on any atom is -0.339 e. The van der Waals surface area contributed by atoms with Crippen molar-refractivity contribution >= 4 is 5.95 Å². The van der Waals surface area contributed by atoms with Gasteiger partial charge in [0.05, 0.1) is 0 Å². The van der Waals surface area contributed by atoms with Crippen LogP contribution in [-0.4, -0.2) is 39.8 Å². The molecule has 2 aromatic rings. The van der Waals surface area contributed by atoms with Gasteiger partial charge in [-0.25, -0.2) is 0 Å². The monoisotopic (exact) mass is 288 g/mol. The number of aromatic nitrogens is 4. The molecule has 1 saturated heterocycles. The van der Waals surface area contributed by atoms with Gasteiger partial charge in [0.15, 0.2) is 5.82 Å². The van der Waals surface area contributed by atoms with Crippen molar-refractivity contribution in [3.63, 3.8) is 0 Å². The van der Waals surface area contributed by atoms with Crippen LogP contribution in [0, 0.1) is 5.41 Å². The van der Waals surface area contributed by atoms with Crippen LogP contribution < -0.4 is 16.2 Å². The molecule has 1 aliphatic rings. The van der Waals surface area contributed by atoms with Crippen LogP contribution in [0.15, 0.2) is 23.1 Å². The molecule has 1 fully saturated rings. The SMILES string of the molecule is CC1(CN)CCCN(c2n[nH]c(-c3ccc(=O)[nH]c3)n2)C1. The number of hydrogen-bond acceptors (Lipinski definition) is 5. The van der Waals surface area contributed by atoms with Crippen LogP contribution in [0.2, 0.25) is 0 Å². The molecule has 21 heavy (non-hydrogen) atoms. The predicted octanol–water partition coefficient (Wildman–Crippen LogP) is 0.725. The fraction of sp³-hybridized carbons (Fsp3) is 0.500. The number of anilines is 1. The van der Waals surface area contributed by atoms with Gasteiger partial charge in [-0.05, 0) is 30.9 Å². The first-order valence-corrected chi connectivity index (χ1v) is 7.16. The van der Waals surface area contributed by atoms with E-state index < -0.39 is 0 Å². The van der Waals surface area contributed by atoms with Gasteiger partial charge in [0, 0.05) is 30.9 Å². The molecule has 1 atom stereocenters. The molecule has 0 spiro atoms. The maximum atomic E-state index is 11.1. The Morgan fingerprint density at radius 2 is 2.33 bits per heavy atom. The lowest BCUT2D eigenvalue weighted by molar-refractivity contribution is 0.270. The van der Waals surface area contributed by atoms with E-state index in [1.807, 2.05) is 0 Å². The van der Waals surface area contributed by atoms with Gasteiger partial charge in [-0.3, -0.25) is 9.89 Å². The second kappa shape index (κ2) is 5.33. The average Bonchev–Trinajstić information content (AvgIpc) is 2.98. The topological polar surface area (TPSA) is 104 Å². The second-order valence-electron chi connectivity index (χ2n) is 5.97. The third-order valence-electron chi connectivity index (χ3n) is 4.09. The molecule has 4 N–H and O–H groups in total. The molecule has 1 aliphatic heterocycles. The summed E-state index contributed by atoms with van der Waals surface area (Å²) in [5, 5.41) is 7.22. The summed E-state index contributed by atoms with van der Waals surface area (Å²) in [6.45, 7) is 4.68. The largest absolute Gasteiger partial charge is 0.339 e. The molecule has 1 unspecified atom stereocenters. The molecule has 0 aromatic carbocycles.